The molecule has 19 heavy (non-hydrogen) atoms. The van der Waals surface area contributed by atoms with Crippen molar-refractivity contribution in [2.45, 2.75) is 11.0 Å². The number of nitrogens with two attached hydrogens (primary N) is 1. The highest BCUT2D eigenvalue weighted by molar-refractivity contribution is 7.90. The number of ether oxygens (including phenoxy) is 1. The van der Waals surface area contributed by atoms with Gasteiger partial charge in [0, 0.05) is 17.7 Å². The lowest BCUT2D eigenvalue weighted by Crippen LogP contribution is -2.17. The number of benzene rings is 1. The van der Waals surface area contributed by atoms with Crippen LogP contribution < -0.4 is 10.5 Å². The van der Waals surface area contributed by atoms with Gasteiger partial charge in [0.15, 0.2) is 9.84 Å². The standard InChI is InChI=1S/C13H15NO3S2/c1-19(15,16)11-5-2-4-10(8-11)17-12(9-14)13-6-3-7-18-13/h2-8,12H,9,14H2,1H3. The average molecular weight is 297 g/mol. The van der Waals surface area contributed by atoms with Gasteiger partial charge in [-0.15, -0.1) is 11.3 Å². The van der Waals surface area contributed by atoms with Gasteiger partial charge >= 0.3 is 0 Å². The van der Waals surface area contributed by atoms with Crippen molar-refractivity contribution in [3.8, 4) is 5.75 Å². The highest BCUT2D eigenvalue weighted by Gasteiger charge is 2.14. The first kappa shape index (κ1) is 14.0. The zero-order valence-electron chi connectivity index (χ0n) is 10.4. The fourth-order valence-electron chi connectivity index (χ4n) is 1.64. The van der Waals surface area contributed by atoms with Crippen LogP contribution in [0.3, 0.4) is 0 Å². The van der Waals surface area contributed by atoms with Gasteiger partial charge in [-0.1, -0.05) is 12.1 Å². The van der Waals surface area contributed by atoms with Gasteiger partial charge in [-0.2, -0.15) is 0 Å². The normalized spacial score (nSPS) is 13.2. The molecule has 2 rings (SSSR count). The Balaban J connectivity index is 2.23. The smallest absolute Gasteiger partial charge is 0.175 e. The van der Waals surface area contributed by atoms with E-state index in [0.29, 0.717) is 12.3 Å². The maximum absolute atomic E-state index is 11.5. The van der Waals surface area contributed by atoms with Gasteiger partial charge in [-0.05, 0) is 29.6 Å². The minimum atomic E-state index is -3.23. The Hall–Kier alpha value is -1.37. The van der Waals surface area contributed by atoms with Crippen LogP contribution in [0.4, 0.5) is 0 Å². The summed E-state index contributed by atoms with van der Waals surface area (Å²) < 4.78 is 28.7. The largest absolute Gasteiger partial charge is 0.484 e. The van der Waals surface area contributed by atoms with Crippen LogP contribution >= 0.6 is 11.3 Å². The minimum Gasteiger partial charge on any atom is -0.484 e. The van der Waals surface area contributed by atoms with E-state index >= 15 is 0 Å². The van der Waals surface area contributed by atoms with Crippen molar-refractivity contribution in [2.75, 3.05) is 12.8 Å². The van der Waals surface area contributed by atoms with E-state index in [9.17, 15) is 8.42 Å². The van der Waals surface area contributed by atoms with E-state index in [-0.39, 0.29) is 11.0 Å². The van der Waals surface area contributed by atoms with E-state index in [1.54, 1.807) is 29.5 Å². The summed E-state index contributed by atoms with van der Waals surface area (Å²) in [5.74, 6) is 0.506. The highest BCUT2D eigenvalue weighted by atomic mass is 32.2. The van der Waals surface area contributed by atoms with E-state index in [2.05, 4.69) is 0 Å². The molecule has 0 saturated carbocycles. The van der Waals surface area contributed by atoms with Crippen LogP contribution in [-0.2, 0) is 9.84 Å². The summed E-state index contributed by atoms with van der Waals surface area (Å²) in [6.45, 7) is 0.337. The quantitative estimate of drug-likeness (QED) is 0.919. The van der Waals surface area contributed by atoms with Crippen LogP contribution in [0.25, 0.3) is 0 Å². The van der Waals surface area contributed by atoms with Gasteiger partial charge in [0.1, 0.15) is 11.9 Å². The molecule has 2 N–H and O–H groups in total. The number of thiophene rings is 1. The van der Waals surface area contributed by atoms with Crippen LogP contribution in [0.15, 0.2) is 46.7 Å². The average Bonchev–Trinajstić information content (AvgIpc) is 2.89. The van der Waals surface area contributed by atoms with Crippen LogP contribution in [0, 0.1) is 0 Å². The maximum atomic E-state index is 11.5. The predicted molar refractivity (Wildman–Crippen MR) is 76.3 cm³/mol. The van der Waals surface area contributed by atoms with Crippen molar-refractivity contribution in [2.24, 2.45) is 5.73 Å². The topological polar surface area (TPSA) is 69.4 Å². The lowest BCUT2D eigenvalue weighted by molar-refractivity contribution is 0.217. The number of hydrogen-bond donors (Lipinski definition) is 1. The van der Waals surface area contributed by atoms with Gasteiger partial charge in [0.05, 0.1) is 4.90 Å². The van der Waals surface area contributed by atoms with Crippen molar-refractivity contribution in [1.29, 1.82) is 0 Å². The number of sulfone groups is 1. The third kappa shape index (κ3) is 3.56. The lowest BCUT2D eigenvalue weighted by atomic mass is 10.3. The van der Waals surface area contributed by atoms with Crippen molar-refractivity contribution in [3.05, 3.63) is 46.7 Å². The second kappa shape index (κ2) is 5.73. The van der Waals surface area contributed by atoms with E-state index in [4.69, 9.17) is 10.5 Å². The molecule has 1 unspecified atom stereocenters. The summed E-state index contributed by atoms with van der Waals surface area (Å²) in [5.41, 5.74) is 5.70. The fourth-order valence-corrected chi connectivity index (χ4v) is 3.06. The molecule has 1 aromatic heterocycles. The molecule has 0 aliphatic carbocycles. The monoisotopic (exact) mass is 297 g/mol. The van der Waals surface area contributed by atoms with Crippen LogP contribution in [0.5, 0.6) is 5.75 Å². The first-order valence-electron chi connectivity index (χ1n) is 5.71. The van der Waals surface area contributed by atoms with Gasteiger partial charge in [0.2, 0.25) is 0 Å². The minimum absolute atomic E-state index is 0.243. The SMILES string of the molecule is CS(=O)(=O)c1cccc(OC(CN)c2cccs2)c1. The summed E-state index contributed by atoms with van der Waals surface area (Å²) in [6.07, 6.45) is 0.918. The van der Waals surface area contributed by atoms with Gasteiger partial charge < -0.3 is 10.5 Å². The molecule has 0 bridgehead atoms. The first-order valence-corrected chi connectivity index (χ1v) is 8.48. The summed E-state index contributed by atoms with van der Waals surface area (Å²) in [6, 6.07) is 10.3. The van der Waals surface area contributed by atoms with E-state index in [1.807, 2.05) is 17.5 Å². The molecule has 4 nitrogen and oxygen atoms in total. The Morgan fingerprint density at radius 2 is 2.11 bits per heavy atom. The van der Waals surface area contributed by atoms with Gasteiger partial charge in [-0.25, -0.2) is 8.42 Å². The van der Waals surface area contributed by atoms with Crippen LogP contribution in [0.1, 0.15) is 11.0 Å². The van der Waals surface area contributed by atoms with Crippen LogP contribution in [0.2, 0.25) is 0 Å². The van der Waals surface area contributed by atoms with E-state index in [1.165, 1.54) is 12.3 Å². The van der Waals surface area contributed by atoms with Gasteiger partial charge in [0.25, 0.3) is 0 Å². The summed E-state index contributed by atoms with van der Waals surface area (Å²) in [7, 11) is -3.23. The summed E-state index contributed by atoms with van der Waals surface area (Å²) in [4.78, 5) is 1.26. The van der Waals surface area contributed by atoms with Crippen molar-refractivity contribution >= 4 is 21.2 Å². The maximum Gasteiger partial charge on any atom is 0.175 e. The molecule has 0 aliphatic rings. The van der Waals surface area contributed by atoms with Crippen molar-refractivity contribution in [1.82, 2.24) is 0 Å². The molecule has 0 saturated heterocycles. The molecule has 0 fully saturated rings. The third-order valence-corrected chi connectivity index (χ3v) is 4.66. The zero-order chi connectivity index (χ0) is 13.9. The Morgan fingerprint density at radius 1 is 1.32 bits per heavy atom. The molecular weight excluding hydrogens is 282 g/mol. The zero-order valence-corrected chi connectivity index (χ0v) is 12.1. The highest BCUT2D eigenvalue weighted by Crippen LogP contribution is 2.26. The second-order valence-electron chi connectivity index (χ2n) is 4.10. The van der Waals surface area contributed by atoms with E-state index in [0.717, 1.165) is 4.88 Å². The molecule has 6 heteroatoms. The Bertz CT molecular complexity index is 636. The molecule has 1 aromatic carbocycles. The molecule has 0 spiro atoms. The van der Waals surface area contributed by atoms with Gasteiger partial charge in [-0.3, -0.25) is 0 Å². The Morgan fingerprint density at radius 3 is 2.68 bits per heavy atom. The summed E-state index contributed by atoms with van der Waals surface area (Å²) >= 11 is 1.56. The van der Waals surface area contributed by atoms with Crippen molar-refractivity contribution < 1.29 is 13.2 Å². The van der Waals surface area contributed by atoms with Crippen molar-refractivity contribution in [3.63, 3.8) is 0 Å². The number of rotatable bonds is 5. The number of hydrogen-bond acceptors (Lipinski definition) is 5. The molecular formula is C13H15NO3S2. The Kier molecular flexibility index (Phi) is 4.24. The molecule has 0 aliphatic heterocycles. The second-order valence-corrected chi connectivity index (χ2v) is 7.10. The third-order valence-electron chi connectivity index (χ3n) is 2.59. The molecule has 0 amide bonds. The molecule has 102 valence electrons. The lowest BCUT2D eigenvalue weighted by Gasteiger charge is -2.16. The first-order chi connectivity index (χ1) is 9.00. The van der Waals surface area contributed by atoms with Crippen LogP contribution in [-0.4, -0.2) is 21.2 Å². The fraction of sp³-hybridized carbons (Fsp3) is 0.231. The Labute approximate surface area is 116 Å². The molecule has 0 radical (unpaired) electrons. The van der Waals surface area contributed by atoms with E-state index < -0.39 is 9.84 Å². The predicted octanol–water partition coefficient (Wildman–Crippen LogP) is 2.23. The summed E-state index contributed by atoms with van der Waals surface area (Å²) in [5, 5.41) is 1.95. The molecule has 1 heterocycles. The molecule has 1 atom stereocenters. The molecule has 2 aromatic rings.